The van der Waals surface area contributed by atoms with Crippen molar-refractivity contribution < 1.29 is 9.84 Å². The number of rotatable bonds is 4. The van der Waals surface area contributed by atoms with Crippen LogP contribution in [0.5, 0.6) is 11.6 Å². The molecule has 0 saturated carbocycles. The second-order valence-corrected chi connectivity index (χ2v) is 6.27. The van der Waals surface area contributed by atoms with Gasteiger partial charge in [-0.1, -0.05) is 30.3 Å². The summed E-state index contributed by atoms with van der Waals surface area (Å²) >= 11 is 0. The number of hydrogen-bond acceptors (Lipinski definition) is 4. The summed E-state index contributed by atoms with van der Waals surface area (Å²) in [4.78, 5) is 4.34. The summed E-state index contributed by atoms with van der Waals surface area (Å²) in [5.41, 5.74) is 6.24. The van der Waals surface area contributed by atoms with E-state index in [0.29, 0.717) is 5.65 Å². The minimum absolute atomic E-state index is 0.0765. The predicted molar refractivity (Wildman–Crippen MR) is 101 cm³/mol. The maximum atomic E-state index is 9.89. The van der Waals surface area contributed by atoms with Gasteiger partial charge in [0.15, 0.2) is 5.65 Å². The number of aromatic hydroxyl groups is 1. The van der Waals surface area contributed by atoms with Gasteiger partial charge in [0.2, 0.25) is 5.88 Å². The molecule has 0 saturated heterocycles. The second-order valence-electron chi connectivity index (χ2n) is 6.27. The van der Waals surface area contributed by atoms with E-state index in [-0.39, 0.29) is 5.88 Å². The van der Waals surface area contributed by atoms with E-state index in [4.69, 9.17) is 4.74 Å². The van der Waals surface area contributed by atoms with Crippen LogP contribution in [0.3, 0.4) is 0 Å². The van der Waals surface area contributed by atoms with Crippen molar-refractivity contribution in [3.8, 4) is 22.8 Å². The van der Waals surface area contributed by atoms with Crippen LogP contribution in [0.2, 0.25) is 0 Å². The molecule has 4 rings (SSSR count). The quantitative estimate of drug-likeness (QED) is 0.607. The molecule has 26 heavy (non-hydrogen) atoms. The van der Waals surface area contributed by atoms with Gasteiger partial charge in [-0.3, -0.25) is 0 Å². The zero-order valence-corrected chi connectivity index (χ0v) is 14.7. The summed E-state index contributed by atoms with van der Waals surface area (Å²) in [5.74, 6) is 0.946. The van der Waals surface area contributed by atoms with Gasteiger partial charge in [0, 0.05) is 17.8 Å². The van der Waals surface area contributed by atoms with Crippen LogP contribution in [0, 0.1) is 6.92 Å². The Morgan fingerprint density at radius 3 is 2.81 bits per heavy atom. The highest BCUT2D eigenvalue weighted by Crippen LogP contribution is 2.28. The topological polar surface area (TPSA) is 59.7 Å². The number of nitrogens with zero attached hydrogens (tertiary/aromatic N) is 3. The molecule has 0 aliphatic heterocycles. The van der Waals surface area contributed by atoms with Crippen molar-refractivity contribution >= 4 is 5.65 Å². The van der Waals surface area contributed by atoms with E-state index >= 15 is 0 Å². The third-order valence-electron chi connectivity index (χ3n) is 4.56. The maximum absolute atomic E-state index is 9.89. The van der Waals surface area contributed by atoms with Gasteiger partial charge in [0.25, 0.3) is 0 Å². The summed E-state index contributed by atoms with van der Waals surface area (Å²) < 4.78 is 6.74. The maximum Gasteiger partial charge on any atom is 0.215 e. The van der Waals surface area contributed by atoms with Crippen molar-refractivity contribution in [2.45, 2.75) is 13.3 Å². The van der Waals surface area contributed by atoms with Crippen LogP contribution in [0.25, 0.3) is 16.8 Å². The Hall–Kier alpha value is -3.34. The number of aromatic nitrogens is 3. The Balaban J connectivity index is 1.68. The Labute approximate surface area is 151 Å². The lowest BCUT2D eigenvalue weighted by molar-refractivity contribution is 0.414. The molecule has 5 nitrogen and oxygen atoms in total. The van der Waals surface area contributed by atoms with Crippen LogP contribution >= 0.6 is 0 Å². The van der Waals surface area contributed by atoms with Crippen LogP contribution in [0.1, 0.15) is 16.7 Å². The molecule has 0 radical (unpaired) electrons. The Morgan fingerprint density at radius 1 is 1.12 bits per heavy atom. The Bertz CT molecular complexity index is 1090. The molecular weight excluding hydrogens is 326 g/mol. The third-order valence-corrected chi connectivity index (χ3v) is 4.56. The lowest BCUT2D eigenvalue weighted by Crippen LogP contribution is -1.94. The smallest absolute Gasteiger partial charge is 0.215 e. The molecular formula is C21H19N3O2. The first-order valence-electron chi connectivity index (χ1n) is 8.40. The molecule has 2 heterocycles. The normalized spacial score (nSPS) is 11.0. The number of hydrogen-bond donors (Lipinski definition) is 1. The van der Waals surface area contributed by atoms with Gasteiger partial charge in [-0.15, -0.1) is 0 Å². The first kappa shape index (κ1) is 16.1. The molecule has 0 spiro atoms. The number of methoxy groups -OCH3 is 1. The van der Waals surface area contributed by atoms with E-state index < -0.39 is 0 Å². The second kappa shape index (κ2) is 6.52. The van der Waals surface area contributed by atoms with Gasteiger partial charge in [0.05, 0.1) is 13.3 Å². The molecule has 2 aromatic carbocycles. The molecule has 4 aromatic rings. The van der Waals surface area contributed by atoms with E-state index in [1.54, 1.807) is 19.5 Å². The van der Waals surface area contributed by atoms with Crippen LogP contribution in [0.15, 0.2) is 60.9 Å². The molecule has 0 amide bonds. The minimum Gasteiger partial charge on any atom is -0.497 e. The summed E-state index contributed by atoms with van der Waals surface area (Å²) in [6.07, 6.45) is 4.16. The average molecular weight is 345 g/mol. The van der Waals surface area contributed by atoms with E-state index in [0.717, 1.165) is 23.3 Å². The van der Waals surface area contributed by atoms with Crippen molar-refractivity contribution in [1.29, 1.82) is 0 Å². The summed E-state index contributed by atoms with van der Waals surface area (Å²) in [6.45, 7) is 2.11. The molecule has 0 aliphatic rings. The van der Waals surface area contributed by atoms with Gasteiger partial charge in [0.1, 0.15) is 5.75 Å². The fourth-order valence-electron chi connectivity index (χ4n) is 3.15. The molecule has 0 aliphatic carbocycles. The SMILES string of the molecule is COc1cccc(Cc2ccc(-c3cnn4c(O)ccnc34)cc2C)c1. The van der Waals surface area contributed by atoms with Crippen LogP contribution in [-0.2, 0) is 6.42 Å². The van der Waals surface area contributed by atoms with Crippen molar-refractivity contribution in [2.75, 3.05) is 7.11 Å². The van der Waals surface area contributed by atoms with Gasteiger partial charge in [-0.2, -0.15) is 9.61 Å². The highest BCUT2D eigenvalue weighted by atomic mass is 16.5. The first-order chi connectivity index (χ1) is 12.7. The zero-order chi connectivity index (χ0) is 18.1. The van der Waals surface area contributed by atoms with Crippen LogP contribution < -0.4 is 4.74 Å². The van der Waals surface area contributed by atoms with E-state index in [1.807, 2.05) is 12.1 Å². The van der Waals surface area contributed by atoms with Crippen LogP contribution in [-0.4, -0.2) is 26.8 Å². The lowest BCUT2D eigenvalue weighted by Gasteiger charge is -2.09. The molecule has 5 heteroatoms. The Morgan fingerprint density at radius 2 is 2.00 bits per heavy atom. The van der Waals surface area contributed by atoms with E-state index in [9.17, 15) is 5.11 Å². The largest absolute Gasteiger partial charge is 0.497 e. The van der Waals surface area contributed by atoms with Crippen molar-refractivity contribution in [1.82, 2.24) is 14.6 Å². The number of ether oxygens (including phenoxy) is 1. The lowest BCUT2D eigenvalue weighted by atomic mass is 9.97. The number of aryl methyl sites for hydroxylation is 1. The summed E-state index contributed by atoms with van der Waals surface area (Å²) in [6, 6.07) is 16.0. The zero-order valence-electron chi connectivity index (χ0n) is 14.7. The predicted octanol–water partition coefficient (Wildman–Crippen LogP) is 4.01. The van der Waals surface area contributed by atoms with Gasteiger partial charge in [-0.25, -0.2) is 4.98 Å². The monoisotopic (exact) mass is 345 g/mol. The first-order valence-corrected chi connectivity index (χ1v) is 8.40. The molecule has 0 unspecified atom stereocenters. The highest BCUT2D eigenvalue weighted by Gasteiger charge is 2.11. The summed E-state index contributed by atoms with van der Waals surface area (Å²) in [5, 5.41) is 14.1. The summed E-state index contributed by atoms with van der Waals surface area (Å²) in [7, 11) is 1.68. The fourth-order valence-corrected chi connectivity index (χ4v) is 3.15. The van der Waals surface area contributed by atoms with Crippen molar-refractivity contribution in [2.24, 2.45) is 0 Å². The third kappa shape index (κ3) is 2.88. The molecule has 2 aromatic heterocycles. The van der Waals surface area contributed by atoms with Crippen LogP contribution in [0.4, 0.5) is 0 Å². The highest BCUT2D eigenvalue weighted by molar-refractivity contribution is 5.77. The molecule has 1 N–H and O–H groups in total. The minimum atomic E-state index is 0.0765. The molecule has 0 bridgehead atoms. The molecule has 130 valence electrons. The van der Waals surface area contributed by atoms with Gasteiger partial charge in [-0.05, 0) is 47.7 Å². The fraction of sp³-hybridized carbons (Fsp3) is 0.143. The van der Waals surface area contributed by atoms with Gasteiger partial charge >= 0.3 is 0 Å². The van der Waals surface area contributed by atoms with Crippen molar-refractivity contribution in [3.63, 3.8) is 0 Å². The molecule has 0 fully saturated rings. The standard InChI is InChI=1S/C21H19N3O2/c1-14-10-17(19-13-23-24-20(25)8-9-22-21(19)24)7-6-16(14)11-15-4-3-5-18(12-15)26-2/h3-10,12-13,25H,11H2,1-2H3. The Kier molecular flexibility index (Phi) is 4.05. The van der Waals surface area contributed by atoms with Crippen molar-refractivity contribution in [3.05, 3.63) is 77.6 Å². The van der Waals surface area contributed by atoms with Gasteiger partial charge < -0.3 is 9.84 Å². The molecule has 0 atom stereocenters. The van der Waals surface area contributed by atoms with E-state index in [2.05, 4.69) is 47.3 Å². The average Bonchev–Trinajstić information content (AvgIpc) is 3.09. The number of fused-ring (bicyclic) bond motifs is 1. The van der Waals surface area contributed by atoms with E-state index in [1.165, 1.54) is 27.3 Å². The number of benzene rings is 2.